The van der Waals surface area contributed by atoms with Crippen LogP contribution in [0.4, 0.5) is 19.2 Å². The van der Waals surface area contributed by atoms with Crippen molar-refractivity contribution in [1.29, 1.82) is 0 Å². The van der Waals surface area contributed by atoms with Gasteiger partial charge < -0.3 is 90.1 Å². The molecule has 0 unspecified atom stereocenters. The van der Waals surface area contributed by atoms with Gasteiger partial charge in [-0.25, -0.2) is 24.0 Å². The van der Waals surface area contributed by atoms with E-state index in [0.717, 1.165) is 51.7 Å². The molecule has 0 aromatic heterocycles. The monoisotopic (exact) mass is 1490 g/mol. The second-order valence-electron chi connectivity index (χ2n) is 24.1. The predicted octanol–water partition coefficient (Wildman–Crippen LogP) is 8.93. The van der Waals surface area contributed by atoms with Gasteiger partial charge in [0.15, 0.2) is 5.78 Å². The summed E-state index contributed by atoms with van der Waals surface area (Å²) in [6, 6.07) is 0. The quantitative estimate of drug-likeness (QED) is 0.0200. The molecule has 5 heterocycles. The molecule has 5 aliphatic rings. The van der Waals surface area contributed by atoms with Gasteiger partial charge in [0.05, 0.1) is 62.8 Å². The molecule has 5 rings (SSSR count). The number of aliphatic hydroxyl groups excluding tert-OH is 2. The fourth-order valence-corrected chi connectivity index (χ4v) is 7.57. The molecule has 24 nitrogen and oxygen atoms in total. The molecular weight excluding hydrogens is 1380 g/mol. The zero-order chi connectivity index (χ0) is 65.8. The second kappa shape index (κ2) is 51.3. The number of nitrogens with zero attached hydrogens (tertiary/aromatic N) is 6. The van der Waals surface area contributed by atoms with E-state index in [0.29, 0.717) is 110 Å². The van der Waals surface area contributed by atoms with E-state index in [2.05, 4.69) is 37.3 Å². The Morgan fingerprint density at radius 1 is 0.602 bits per heavy atom. The van der Waals surface area contributed by atoms with Crippen molar-refractivity contribution >= 4 is 58.3 Å². The van der Waals surface area contributed by atoms with Gasteiger partial charge in [0.1, 0.15) is 35.6 Å². The van der Waals surface area contributed by atoms with E-state index in [-0.39, 0.29) is 96.3 Å². The summed E-state index contributed by atoms with van der Waals surface area (Å²) in [7, 11) is 0. The molecule has 5 aliphatic heterocycles. The van der Waals surface area contributed by atoms with Crippen molar-refractivity contribution < 1.29 is 112 Å². The number of Topliss-reactive ketones (excluding diaryl/α,β-unsaturated/α-hetero) is 1. The molecule has 5 saturated heterocycles. The molecule has 5 fully saturated rings. The third-order valence-electron chi connectivity index (χ3n) is 11.5. The summed E-state index contributed by atoms with van der Waals surface area (Å²) in [5.74, 6) is 4.16. The van der Waals surface area contributed by atoms with Crippen molar-refractivity contribution in [2.45, 2.75) is 208 Å². The van der Waals surface area contributed by atoms with Gasteiger partial charge in [-0.3, -0.25) is 4.79 Å². The van der Waals surface area contributed by atoms with Crippen LogP contribution in [0.1, 0.15) is 161 Å². The number of esters is 1. The molecule has 88 heavy (non-hydrogen) atoms. The minimum atomic E-state index is -0.630. The fourth-order valence-electron chi connectivity index (χ4n) is 7.57. The first-order valence-electron chi connectivity index (χ1n) is 29.7. The number of hydrogen-bond donors (Lipinski definition) is 2. The van der Waals surface area contributed by atoms with Gasteiger partial charge in [0, 0.05) is 86.6 Å². The number of carbonyl (C=O) groups is 6. The van der Waals surface area contributed by atoms with Gasteiger partial charge in [0.25, 0.3) is 0 Å². The van der Waals surface area contributed by atoms with Crippen molar-refractivity contribution in [2.75, 3.05) is 117 Å². The van der Waals surface area contributed by atoms with Crippen molar-refractivity contribution in [3.63, 3.8) is 0 Å². The van der Waals surface area contributed by atoms with Gasteiger partial charge in [-0.2, -0.15) is 4.79 Å². The average molecular weight is 1490 g/mol. The molecule has 26 heteroatoms. The number of piperidine rings is 4. The van der Waals surface area contributed by atoms with Gasteiger partial charge in [-0.15, -0.1) is 12.8 Å². The average Bonchev–Trinajstić information content (AvgIpc) is 4.19. The smallest absolute Gasteiger partial charge is 0.413 e. The molecule has 510 valence electrons. The minimum Gasteiger partial charge on any atom is -0.458 e. The Morgan fingerprint density at radius 2 is 0.932 bits per heavy atom. The Bertz CT molecular complexity index is 2000. The third-order valence-corrected chi connectivity index (χ3v) is 11.8. The van der Waals surface area contributed by atoms with Gasteiger partial charge in [-0.05, 0) is 161 Å². The summed E-state index contributed by atoms with van der Waals surface area (Å²) in [6.45, 7) is 34.8. The Hall–Kier alpha value is -4.39. The minimum absolute atomic E-state index is 0. The first-order chi connectivity index (χ1) is 40.2. The Morgan fingerprint density at radius 3 is 1.19 bits per heavy atom. The number of terminal acetylenes is 2. The number of halogens is 1. The van der Waals surface area contributed by atoms with Crippen LogP contribution in [0.25, 0.3) is 5.53 Å². The number of hydrogen-bond acceptors (Lipinski definition) is 18. The van der Waals surface area contributed by atoms with Crippen molar-refractivity contribution in [3.05, 3.63) is 13.0 Å². The normalized spacial score (nSPS) is 16.3. The summed E-state index contributed by atoms with van der Waals surface area (Å²) < 4.78 is 52.1. The van der Waals surface area contributed by atoms with Crippen LogP contribution < -0.4 is 0 Å². The molecule has 0 aliphatic carbocycles. The molecule has 2 N–H and O–H groups in total. The molecule has 0 aromatic rings. The van der Waals surface area contributed by atoms with E-state index in [1.54, 1.807) is 26.5 Å². The molecule has 0 spiro atoms. The molecule has 0 bridgehead atoms. The fraction of sp³-hybridized carbons (Fsp3) is 0.806. The van der Waals surface area contributed by atoms with E-state index in [1.165, 1.54) is 19.8 Å². The van der Waals surface area contributed by atoms with Crippen LogP contribution in [-0.4, -0.2) is 241 Å². The Balaban J connectivity index is -0.000000489. The summed E-state index contributed by atoms with van der Waals surface area (Å²) >= 11 is 3.01. The molecule has 0 radical (unpaired) electrons. The third kappa shape index (κ3) is 53.4. The van der Waals surface area contributed by atoms with E-state index in [9.17, 15) is 33.9 Å². The van der Waals surface area contributed by atoms with E-state index in [1.807, 2.05) is 83.1 Å². The van der Waals surface area contributed by atoms with Crippen LogP contribution in [0.3, 0.4) is 0 Å². The number of ether oxygens (including phenoxy) is 10. The first kappa shape index (κ1) is 90.0. The number of aliphatic hydroxyl groups is 2. The van der Waals surface area contributed by atoms with Crippen LogP contribution in [0.2, 0.25) is 0 Å². The van der Waals surface area contributed by atoms with Crippen LogP contribution >= 0.6 is 15.9 Å². The topological polar surface area (TPSA) is 285 Å². The van der Waals surface area contributed by atoms with E-state index in [4.69, 9.17) is 66.1 Å². The molecule has 0 aromatic carbocycles. The first-order valence-corrected chi connectivity index (χ1v) is 30.8. The summed E-state index contributed by atoms with van der Waals surface area (Å²) in [4.78, 5) is 77.1. The SMILES string of the molecule is C#CCBr.C#CCOCCOC1CCN(C(=O)OC(C)(C)C)CC1.C1CCOC1.CC(=O)COC1CCN(C(=O)OC(C)(C)C)CC1.CC(C)(C)OC(=O)N1CCC(O)CC1.CC(C)(C)OC(=O)N1CCC(OCCO)CC1.CCOC(=O)C=[N+]=[N-].[CH3-].[W]. The standard InChI is InChI=1S/C15H25NO4.C13H23NO4.C12H23NO4.C10H19NO3.C4H6N2O2.C4H8O.C3H3Br.CH3.W/c1-5-10-18-11-12-19-13-6-8-16(9-7-13)14(17)20-15(2,3)4;1-10(15)9-17-11-5-7-14(8-6-11)12(16)18-13(2,3)4;1-12(2,3)17-11(15)13-6-4-10(5-7-13)16-9-8-14;1-10(2,3)14-9(13)11-6-4-8(12)5-7-11;1-2-8-4(7)3-6-5;1-2-4-5-3-1;1-2-3-4;;/h1,13H,6-12H2,2-4H3;11H,5-9H2,1-4H3;10,14H,4-9H2,1-3H3;8,12H,4-7H2,1-3H3;3H,2H2,1H3;1-4H2;1H,3H2;1H3;/q;;;;;;;-1;. The van der Waals surface area contributed by atoms with Gasteiger partial charge >= 0.3 is 36.6 Å². The van der Waals surface area contributed by atoms with Gasteiger partial charge in [-0.1, -0.05) is 27.8 Å². The van der Waals surface area contributed by atoms with Crippen molar-refractivity contribution in [3.8, 4) is 24.7 Å². The Labute approximate surface area is 550 Å². The molecule has 0 saturated carbocycles. The van der Waals surface area contributed by atoms with Crippen molar-refractivity contribution in [1.82, 2.24) is 19.6 Å². The van der Waals surface area contributed by atoms with Crippen LogP contribution in [0, 0.1) is 32.1 Å². The number of amides is 4. The summed E-state index contributed by atoms with van der Waals surface area (Å²) in [5, 5.41) is 18.6. The zero-order valence-corrected chi connectivity index (χ0v) is 60.3. The zero-order valence-electron chi connectivity index (χ0n) is 55.7. The maximum absolute atomic E-state index is 11.9. The summed E-state index contributed by atoms with van der Waals surface area (Å²) in [6.07, 6.45) is 18.3. The van der Waals surface area contributed by atoms with Crippen LogP contribution in [0.5, 0.6) is 0 Å². The molecular formula is C62H110BrN6O18W-. The Kier molecular flexibility index (Phi) is 52.4. The number of ketones is 1. The second-order valence-corrected chi connectivity index (χ2v) is 24.6. The van der Waals surface area contributed by atoms with Crippen LogP contribution in [-0.2, 0) is 78.0 Å². The number of carbonyl (C=O) groups excluding carboxylic acids is 6. The molecule has 4 amide bonds. The maximum Gasteiger partial charge on any atom is 0.413 e. The van der Waals surface area contributed by atoms with Gasteiger partial charge in [0.2, 0.25) is 0 Å². The molecule has 0 atom stereocenters. The number of rotatable bonds is 13. The van der Waals surface area contributed by atoms with E-state index >= 15 is 0 Å². The maximum atomic E-state index is 11.9. The summed E-state index contributed by atoms with van der Waals surface area (Å²) in [5.41, 5.74) is 5.95. The van der Waals surface area contributed by atoms with Crippen LogP contribution in [0.15, 0.2) is 0 Å². The largest absolute Gasteiger partial charge is 0.458 e. The van der Waals surface area contributed by atoms with E-state index < -0.39 is 28.4 Å². The predicted molar refractivity (Wildman–Crippen MR) is 336 cm³/mol. The number of likely N-dealkylation sites (tertiary alicyclic amines) is 4. The number of alkyl halides is 1. The van der Waals surface area contributed by atoms with Crippen molar-refractivity contribution in [2.24, 2.45) is 0 Å².